The normalized spacial score (nSPS) is 16.3. The lowest BCUT2D eigenvalue weighted by Crippen LogP contribution is -2.28. The Morgan fingerprint density at radius 3 is 2.81 bits per heavy atom. The van der Waals surface area contributed by atoms with Crippen LogP contribution in [-0.4, -0.2) is 19.9 Å². The van der Waals surface area contributed by atoms with Crippen LogP contribution in [0, 0.1) is 6.92 Å². The molecule has 1 N–H and O–H groups in total. The molecule has 4 aromatic rings. The highest BCUT2D eigenvalue weighted by Gasteiger charge is 2.23. The van der Waals surface area contributed by atoms with E-state index in [1.807, 2.05) is 6.92 Å². The van der Waals surface area contributed by atoms with Crippen LogP contribution in [0.3, 0.4) is 0 Å². The number of aryl methyl sites for hydroxylation is 1. The third-order valence-corrected chi connectivity index (χ3v) is 6.87. The summed E-state index contributed by atoms with van der Waals surface area (Å²) in [5, 5.41) is 7.77. The number of thiazole rings is 2. The van der Waals surface area contributed by atoms with Gasteiger partial charge in [-0.05, 0) is 24.5 Å². The summed E-state index contributed by atoms with van der Waals surface area (Å²) in [5.74, 6) is 0. The minimum Gasteiger partial charge on any atom is -0.304 e. The number of nitrogens with zero attached hydrogens (tertiary/aromatic N) is 4. The first kappa shape index (κ1) is 16.7. The SMILES string of the molecule is Cc1nc(-c2cnccn2)sc1-c1csc(C2Cc3ccccc3CN2)n1. The van der Waals surface area contributed by atoms with Crippen molar-refractivity contribution in [1.82, 2.24) is 25.3 Å². The minimum atomic E-state index is 0.270. The average molecular weight is 392 g/mol. The van der Waals surface area contributed by atoms with Gasteiger partial charge in [0.05, 0.1) is 28.5 Å². The number of hydrogen-bond donors (Lipinski definition) is 1. The van der Waals surface area contributed by atoms with Gasteiger partial charge in [0.15, 0.2) is 0 Å². The number of nitrogens with one attached hydrogen (secondary N) is 1. The minimum absolute atomic E-state index is 0.270. The van der Waals surface area contributed by atoms with E-state index in [0.717, 1.165) is 44.9 Å². The summed E-state index contributed by atoms with van der Waals surface area (Å²) >= 11 is 3.34. The molecule has 5 rings (SSSR count). The lowest BCUT2D eigenvalue weighted by molar-refractivity contribution is 0.497. The lowest BCUT2D eigenvalue weighted by atomic mass is 9.96. The zero-order chi connectivity index (χ0) is 18.2. The Balaban J connectivity index is 1.43. The fourth-order valence-electron chi connectivity index (χ4n) is 3.33. The Hall–Kier alpha value is -2.48. The van der Waals surface area contributed by atoms with Gasteiger partial charge in [0.1, 0.15) is 15.7 Å². The third kappa shape index (κ3) is 3.18. The summed E-state index contributed by atoms with van der Waals surface area (Å²) < 4.78 is 0. The van der Waals surface area contributed by atoms with Crippen LogP contribution >= 0.6 is 22.7 Å². The second kappa shape index (κ2) is 6.92. The summed E-state index contributed by atoms with van der Waals surface area (Å²) in [6.45, 7) is 2.92. The number of benzene rings is 1. The number of aromatic nitrogens is 4. The smallest absolute Gasteiger partial charge is 0.144 e. The summed E-state index contributed by atoms with van der Waals surface area (Å²) in [5.41, 5.74) is 5.59. The number of rotatable bonds is 3. The lowest BCUT2D eigenvalue weighted by Gasteiger charge is -2.24. The van der Waals surface area contributed by atoms with E-state index in [1.54, 1.807) is 41.3 Å². The van der Waals surface area contributed by atoms with E-state index in [4.69, 9.17) is 4.98 Å². The van der Waals surface area contributed by atoms with E-state index < -0.39 is 0 Å². The van der Waals surface area contributed by atoms with Crippen LogP contribution in [0.1, 0.15) is 27.9 Å². The Morgan fingerprint density at radius 1 is 1.07 bits per heavy atom. The first-order valence-corrected chi connectivity index (χ1v) is 10.5. The van der Waals surface area contributed by atoms with Gasteiger partial charge in [-0.3, -0.25) is 9.97 Å². The van der Waals surface area contributed by atoms with Gasteiger partial charge < -0.3 is 5.32 Å². The summed E-state index contributed by atoms with van der Waals surface area (Å²) in [6.07, 6.45) is 6.10. The van der Waals surface area contributed by atoms with Gasteiger partial charge >= 0.3 is 0 Å². The Bertz CT molecular complexity index is 1090. The van der Waals surface area contributed by atoms with Crippen molar-refractivity contribution in [2.45, 2.75) is 25.9 Å². The van der Waals surface area contributed by atoms with Crippen molar-refractivity contribution in [2.24, 2.45) is 0 Å². The molecule has 0 saturated heterocycles. The number of fused-ring (bicyclic) bond motifs is 1. The molecule has 0 amide bonds. The van der Waals surface area contributed by atoms with Gasteiger partial charge in [0.2, 0.25) is 0 Å². The first-order chi connectivity index (χ1) is 13.3. The highest BCUT2D eigenvalue weighted by atomic mass is 32.1. The van der Waals surface area contributed by atoms with Gasteiger partial charge in [-0.1, -0.05) is 24.3 Å². The van der Waals surface area contributed by atoms with Gasteiger partial charge in [0, 0.05) is 24.3 Å². The fraction of sp³-hybridized carbons (Fsp3) is 0.200. The molecule has 1 aliphatic rings. The average Bonchev–Trinajstić information content (AvgIpc) is 3.35. The van der Waals surface area contributed by atoms with E-state index in [2.05, 4.69) is 49.9 Å². The molecule has 7 heteroatoms. The Labute approximate surface area is 165 Å². The topological polar surface area (TPSA) is 63.6 Å². The molecule has 1 unspecified atom stereocenters. The van der Waals surface area contributed by atoms with Gasteiger partial charge in [-0.25, -0.2) is 9.97 Å². The molecule has 0 bridgehead atoms. The molecule has 1 atom stereocenters. The first-order valence-electron chi connectivity index (χ1n) is 8.77. The van der Waals surface area contributed by atoms with E-state index in [1.165, 1.54) is 11.1 Å². The Morgan fingerprint density at radius 2 is 1.96 bits per heavy atom. The van der Waals surface area contributed by atoms with Crippen molar-refractivity contribution in [3.63, 3.8) is 0 Å². The van der Waals surface area contributed by atoms with Crippen molar-refractivity contribution < 1.29 is 0 Å². The molecule has 0 radical (unpaired) electrons. The van der Waals surface area contributed by atoms with Crippen LogP contribution in [0.25, 0.3) is 21.3 Å². The molecular formula is C20H17N5S2. The molecule has 5 nitrogen and oxygen atoms in total. The molecule has 0 fully saturated rings. The maximum Gasteiger partial charge on any atom is 0.144 e. The van der Waals surface area contributed by atoms with Gasteiger partial charge in [-0.15, -0.1) is 22.7 Å². The molecule has 0 saturated carbocycles. The van der Waals surface area contributed by atoms with Crippen molar-refractivity contribution >= 4 is 22.7 Å². The van der Waals surface area contributed by atoms with E-state index in [9.17, 15) is 0 Å². The van der Waals surface area contributed by atoms with E-state index >= 15 is 0 Å². The van der Waals surface area contributed by atoms with Crippen molar-refractivity contribution in [3.8, 4) is 21.3 Å². The van der Waals surface area contributed by atoms with Gasteiger partial charge in [0.25, 0.3) is 0 Å². The monoisotopic (exact) mass is 391 g/mol. The fourth-order valence-corrected chi connectivity index (χ4v) is 5.28. The maximum absolute atomic E-state index is 4.94. The van der Waals surface area contributed by atoms with Gasteiger partial charge in [-0.2, -0.15) is 0 Å². The van der Waals surface area contributed by atoms with E-state index in [0.29, 0.717) is 0 Å². The second-order valence-corrected chi connectivity index (χ2v) is 8.39. The maximum atomic E-state index is 4.94. The number of hydrogen-bond acceptors (Lipinski definition) is 7. The summed E-state index contributed by atoms with van der Waals surface area (Å²) in [4.78, 5) is 19.2. The molecule has 1 aromatic carbocycles. The molecule has 134 valence electrons. The van der Waals surface area contributed by atoms with Crippen LogP contribution in [0.15, 0.2) is 48.2 Å². The van der Waals surface area contributed by atoms with Crippen LogP contribution in [0.2, 0.25) is 0 Å². The van der Waals surface area contributed by atoms with Crippen molar-refractivity contribution in [2.75, 3.05) is 0 Å². The molecule has 0 aliphatic carbocycles. The molecule has 1 aliphatic heterocycles. The summed E-state index contributed by atoms with van der Waals surface area (Å²) in [7, 11) is 0. The molecule has 3 aromatic heterocycles. The third-order valence-electron chi connectivity index (χ3n) is 4.71. The zero-order valence-corrected chi connectivity index (χ0v) is 16.3. The summed E-state index contributed by atoms with van der Waals surface area (Å²) in [6, 6.07) is 8.90. The Kier molecular flexibility index (Phi) is 4.27. The predicted octanol–water partition coefficient (Wildman–Crippen LogP) is 4.42. The van der Waals surface area contributed by atoms with Crippen molar-refractivity contribution in [1.29, 1.82) is 0 Å². The van der Waals surface area contributed by atoms with Crippen LogP contribution < -0.4 is 5.32 Å². The predicted molar refractivity (Wildman–Crippen MR) is 109 cm³/mol. The quantitative estimate of drug-likeness (QED) is 0.560. The highest BCUT2D eigenvalue weighted by molar-refractivity contribution is 7.19. The largest absolute Gasteiger partial charge is 0.304 e. The molecule has 4 heterocycles. The van der Waals surface area contributed by atoms with Crippen molar-refractivity contribution in [3.05, 3.63) is 70.1 Å². The molecule has 0 spiro atoms. The zero-order valence-electron chi connectivity index (χ0n) is 14.7. The second-order valence-electron chi connectivity index (χ2n) is 6.50. The van der Waals surface area contributed by atoms with E-state index in [-0.39, 0.29) is 6.04 Å². The molecular weight excluding hydrogens is 374 g/mol. The standard InChI is InChI=1S/C20H17N5S2/c1-12-18(27-20(24-12)16-10-21-6-7-22-16)17-11-26-19(25-17)15-8-13-4-2-3-5-14(13)9-23-15/h2-7,10-11,15,23H,8-9H2,1H3. The molecule has 27 heavy (non-hydrogen) atoms. The van der Waals surface area contributed by atoms with Crippen LogP contribution in [0.5, 0.6) is 0 Å². The van der Waals surface area contributed by atoms with Crippen LogP contribution in [0.4, 0.5) is 0 Å². The van der Waals surface area contributed by atoms with Crippen LogP contribution in [-0.2, 0) is 13.0 Å². The highest BCUT2D eigenvalue weighted by Crippen LogP contribution is 2.36.